The summed E-state index contributed by atoms with van der Waals surface area (Å²) in [4.78, 5) is 2.04. The van der Waals surface area contributed by atoms with Crippen LogP contribution in [0.2, 0.25) is 0 Å². The van der Waals surface area contributed by atoms with Gasteiger partial charge in [-0.2, -0.15) is 0 Å². The number of rotatable bonds is 1. The van der Waals surface area contributed by atoms with Crippen LogP contribution in [0.3, 0.4) is 0 Å². The molecule has 1 aliphatic rings. The van der Waals surface area contributed by atoms with Crippen LogP contribution in [0.25, 0.3) is 0 Å². The molecule has 1 heterocycles. The minimum Gasteiger partial charge on any atom is -0.506 e. The maximum atomic E-state index is 10.2. The van der Waals surface area contributed by atoms with Crippen molar-refractivity contribution in [3.8, 4) is 17.2 Å². The predicted octanol–water partition coefficient (Wildman–Crippen LogP) is 5.18. The van der Waals surface area contributed by atoms with Crippen molar-refractivity contribution >= 4 is 43.2 Å². The third kappa shape index (κ3) is 2.11. The summed E-state index contributed by atoms with van der Waals surface area (Å²) >= 11 is 6.83. The molecule has 1 aliphatic heterocycles. The predicted molar refractivity (Wildman–Crippen MR) is 82.7 cm³/mol. The molecule has 0 aromatic heterocycles. The van der Waals surface area contributed by atoms with Crippen LogP contribution in [0.4, 0.5) is 11.4 Å². The van der Waals surface area contributed by atoms with Gasteiger partial charge in [0.1, 0.15) is 11.4 Å². The monoisotopic (exact) mass is 383 g/mol. The fraction of sp³-hybridized carbons (Fsp3) is 0.143. The fourth-order valence-corrected chi connectivity index (χ4v) is 3.04. The highest BCUT2D eigenvalue weighted by Crippen LogP contribution is 2.51. The maximum absolute atomic E-state index is 10.2. The van der Waals surface area contributed by atoms with Gasteiger partial charge in [-0.1, -0.05) is 31.9 Å². The van der Waals surface area contributed by atoms with Gasteiger partial charge in [0.15, 0.2) is 11.5 Å². The van der Waals surface area contributed by atoms with Gasteiger partial charge in [-0.15, -0.1) is 0 Å². The number of phenolic OH excluding ortho intramolecular Hbond substituents is 1. The number of hydrogen-bond acceptors (Lipinski definition) is 3. The lowest BCUT2D eigenvalue weighted by atomic mass is 10.1. The van der Waals surface area contributed by atoms with E-state index in [2.05, 4.69) is 31.9 Å². The quantitative estimate of drug-likeness (QED) is 0.735. The van der Waals surface area contributed by atoms with E-state index in [0.717, 1.165) is 26.9 Å². The molecule has 3 rings (SSSR count). The highest BCUT2D eigenvalue weighted by Gasteiger charge is 2.26. The summed E-state index contributed by atoms with van der Waals surface area (Å²) in [5.41, 5.74) is 1.65. The number of anilines is 2. The van der Waals surface area contributed by atoms with Crippen molar-refractivity contribution in [2.24, 2.45) is 0 Å². The molecule has 98 valence electrons. The lowest BCUT2D eigenvalue weighted by molar-refractivity contribution is 0.447. The summed E-state index contributed by atoms with van der Waals surface area (Å²) in [5.74, 6) is 1.65. The van der Waals surface area contributed by atoms with Crippen molar-refractivity contribution in [1.82, 2.24) is 0 Å². The number of halogens is 2. The largest absolute Gasteiger partial charge is 0.506 e. The first kappa shape index (κ1) is 12.8. The van der Waals surface area contributed by atoms with Crippen LogP contribution in [0.5, 0.6) is 17.2 Å². The Bertz CT molecular complexity index is 658. The summed E-state index contributed by atoms with van der Waals surface area (Å²) in [7, 11) is 0. The second kappa shape index (κ2) is 4.72. The van der Waals surface area contributed by atoms with Gasteiger partial charge in [-0.05, 0) is 37.3 Å². The number of aromatic hydroxyl groups is 1. The molecule has 0 amide bonds. The van der Waals surface area contributed by atoms with Gasteiger partial charge in [0, 0.05) is 15.5 Å². The zero-order valence-corrected chi connectivity index (χ0v) is 13.3. The van der Waals surface area contributed by atoms with Gasteiger partial charge in [0.25, 0.3) is 0 Å². The normalized spacial score (nSPS) is 12.7. The van der Waals surface area contributed by atoms with Gasteiger partial charge >= 0.3 is 0 Å². The number of phenols is 1. The molecule has 3 nitrogen and oxygen atoms in total. The van der Waals surface area contributed by atoms with Crippen molar-refractivity contribution < 1.29 is 9.84 Å². The Morgan fingerprint density at radius 2 is 1.89 bits per heavy atom. The SMILES string of the molecule is CCN1c2cc(Br)ccc2Oc2cc(Br)cc(O)c21. The van der Waals surface area contributed by atoms with E-state index >= 15 is 0 Å². The average Bonchev–Trinajstić information content (AvgIpc) is 2.36. The Hall–Kier alpha value is -1.20. The number of hydrogen-bond donors (Lipinski definition) is 1. The molecule has 0 saturated heterocycles. The zero-order valence-electron chi connectivity index (χ0n) is 10.2. The van der Waals surface area contributed by atoms with Crippen LogP contribution >= 0.6 is 31.9 Å². The lowest BCUT2D eigenvalue weighted by Crippen LogP contribution is -2.20. The van der Waals surface area contributed by atoms with Crippen LogP contribution in [0.1, 0.15) is 6.92 Å². The average molecular weight is 385 g/mol. The molecule has 0 aliphatic carbocycles. The van der Waals surface area contributed by atoms with Gasteiger partial charge in [0.05, 0.1) is 5.69 Å². The molecule has 0 saturated carbocycles. The molecular formula is C14H11Br2NO2. The van der Waals surface area contributed by atoms with E-state index in [1.165, 1.54) is 0 Å². The highest BCUT2D eigenvalue weighted by molar-refractivity contribution is 9.10. The molecule has 2 aromatic rings. The Balaban J connectivity index is 2.23. The Labute approximate surface area is 128 Å². The molecule has 0 bridgehead atoms. The van der Waals surface area contributed by atoms with E-state index in [1.54, 1.807) is 6.07 Å². The second-order valence-corrected chi connectivity index (χ2v) is 6.06. The third-order valence-corrected chi connectivity index (χ3v) is 3.99. The molecular weight excluding hydrogens is 374 g/mol. The van der Waals surface area contributed by atoms with E-state index in [9.17, 15) is 5.11 Å². The molecule has 0 fully saturated rings. The molecule has 0 radical (unpaired) electrons. The minimum absolute atomic E-state index is 0.205. The first-order chi connectivity index (χ1) is 9.10. The van der Waals surface area contributed by atoms with Crippen molar-refractivity contribution in [3.63, 3.8) is 0 Å². The maximum Gasteiger partial charge on any atom is 0.156 e. The first-order valence-corrected chi connectivity index (χ1v) is 7.46. The van der Waals surface area contributed by atoms with Crippen LogP contribution in [0.15, 0.2) is 39.3 Å². The summed E-state index contributed by atoms with van der Waals surface area (Å²) in [5, 5.41) is 10.2. The smallest absolute Gasteiger partial charge is 0.156 e. The summed E-state index contributed by atoms with van der Waals surface area (Å²) in [6.07, 6.45) is 0. The standard InChI is InChI=1S/C14H11Br2NO2/c1-2-17-10-5-8(15)3-4-12(10)19-13-7-9(16)6-11(18)14(13)17/h3-7,18H,2H2,1H3. The Kier molecular flexibility index (Phi) is 3.19. The van der Waals surface area contributed by atoms with E-state index < -0.39 is 0 Å². The van der Waals surface area contributed by atoms with E-state index in [0.29, 0.717) is 11.4 Å². The van der Waals surface area contributed by atoms with Crippen LogP contribution < -0.4 is 9.64 Å². The van der Waals surface area contributed by atoms with E-state index in [1.807, 2.05) is 36.1 Å². The zero-order chi connectivity index (χ0) is 13.6. The highest BCUT2D eigenvalue weighted by atomic mass is 79.9. The number of nitrogens with zero attached hydrogens (tertiary/aromatic N) is 1. The first-order valence-electron chi connectivity index (χ1n) is 5.87. The Morgan fingerprint density at radius 3 is 2.63 bits per heavy atom. The molecule has 19 heavy (non-hydrogen) atoms. The molecule has 0 unspecified atom stereocenters. The van der Waals surface area contributed by atoms with Gasteiger partial charge in [0.2, 0.25) is 0 Å². The second-order valence-electron chi connectivity index (χ2n) is 4.23. The third-order valence-electron chi connectivity index (χ3n) is 3.04. The fourth-order valence-electron chi connectivity index (χ4n) is 2.26. The Morgan fingerprint density at radius 1 is 1.11 bits per heavy atom. The molecule has 5 heteroatoms. The van der Waals surface area contributed by atoms with Crippen LogP contribution in [0, 0.1) is 0 Å². The van der Waals surface area contributed by atoms with E-state index in [-0.39, 0.29) is 5.75 Å². The van der Waals surface area contributed by atoms with Gasteiger partial charge in [-0.3, -0.25) is 0 Å². The van der Waals surface area contributed by atoms with Crippen molar-refractivity contribution in [2.75, 3.05) is 11.4 Å². The van der Waals surface area contributed by atoms with Crippen molar-refractivity contribution in [2.45, 2.75) is 6.92 Å². The molecule has 0 spiro atoms. The van der Waals surface area contributed by atoms with Crippen molar-refractivity contribution in [1.29, 1.82) is 0 Å². The molecule has 1 N–H and O–H groups in total. The molecule has 2 aromatic carbocycles. The lowest BCUT2D eigenvalue weighted by Gasteiger charge is -2.32. The van der Waals surface area contributed by atoms with Crippen LogP contribution in [-0.4, -0.2) is 11.7 Å². The van der Waals surface area contributed by atoms with Crippen molar-refractivity contribution in [3.05, 3.63) is 39.3 Å². The van der Waals surface area contributed by atoms with Gasteiger partial charge < -0.3 is 14.7 Å². The van der Waals surface area contributed by atoms with Gasteiger partial charge in [-0.25, -0.2) is 0 Å². The number of fused-ring (bicyclic) bond motifs is 2. The van der Waals surface area contributed by atoms with E-state index in [4.69, 9.17) is 4.74 Å². The summed E-state index contributed by atoms with van der Waals surface area (Å²) < 4.78 is 7.65. The summed E-state index contributed by atoms with van der Waals surface area (Å²) in [6.45, 7) is 2.79. The molecule has 0 atom stereocenters. The number of benzene rings is 2. The summed E-state index contributed by atoms with van der Waals surface area (Å²) in [6, 6.07) is 9.39. The number of ether oxygens (including phenoxy) is 1. The van der Waals surface area contributed by atoms with Crippen LogP contribution in [-0.2, 0) is 0 Å². The topological polar surface area (TPSA) is 32.7 Å². The minimum atomic E-state index is 0.205.